The molecule has 1 heterocycles. The first-order valence-electron chi connectivity index (χ1n) is 5.71. The molecule has 0 bridgehead atoms. The summed E-state index contributed by atoms with van der Waals surface area (Å²) in [6.07, 6.45) is 0. The summed E-state index contributed by atoms with van der Waals surface area (Å²) in [5.41, 5.74) is 3.34. The second-order valence-electron chi connectivity index (χ2n) is 4.34. The number of nitriles is 1. The highest BCUT2D eigenvalue weighted by Gasteiger charge is 2.13. The first-order chi connectivity index (χ1) is 8.52. The van der Waals surface area contributed by atoms with Crippen molar-refractivity contribution in [2.45, 2.75) is 20.8 Å². The lowest BCUT2D eigenvalue weighted by atomic mass is 10.1. The highest BCUT2D eigenvalue weighted by Crippen LogP contribution is 2.30. The smallest absolute Gasteiger partial charge is 0.171 e. The molecule has 0 spiro atoms. The molecule has 0 saturated carbocycles. The van der Waals surface area contributed by atoms with Gasteiger partial charge in [0, 0.05) is 7.05 Å². The van der Waals surface area contributed by atoms with Gasteiger partial charge in [0.25, 0.3) is 0 Å². The van der Waals surface area contributed by atoms with Crippen molar-refractivity contribution in [1.82, 2.24) is 9.78 Å². The molecule has 4 nitrogen and oxygen atoms in total. The Balaban J connectivity index is 2.44. The summed E-state index contributed by atoms with van der Waals surface area (Å²) >= 11 is 0. The molecule has 0 fully saturated rings. The van der Waals surface area contributed by atoms with Crippen LogP contribution in [0.1, 0.15) is 22.5 Å². The highest BCUT2D eigenvalue weighted by atomic mass is 16.5. The predicted molar refractivity (Wildman–Crippen MR) is 68.7 cm³/mol. The van der Waals surface area contributed by atoms with Gasteiger partial charge >= 0.3 is 0 Å². The van der Waals surface area contributed by atoms with Crippen molar-refractivity contribution in [2.75, 3.05) is 0 Å². The molecule has 4 heteroatoms. The molecule has 0 aliphatic carbocycles. The monoisotopic (exact) mass is 241 g/mol. The van der Waals surface area contributed by atoms with Crippen molar-refractivity contribution in [3.05, 3.63) is 40.7 Å². The molecule has 18 heavy (non-hydrogen) atoms. The molecule has 0 radical (unpaired) electrons. The lowest BCUT2D eigenvalue weighted by molar-refractivity contribution is 0.472. The first kappa shape index (κ1) is 12.2. The van der Waals surface area contributed by atoms with Crippen LogP contribution in [0.4, 0.5) is 0 Å². The highest BCUT2D eigenvalue weighted by molar-refractivity contribution is 5.48. The van der Waals surface area contributed by atoms with Crippen molar-refractivity contribution in [3.63, 3.8) is 0 Å². The number of rotatable bonds is 2. The Kier molecular flexibility index (Phi) is 3.07. The van der Waals surface area contributed by atoms with E-state index in [4.69, 9.17) is 10.00 Å². The second kappa shape index (κ2) is 4.53. The van der Waals surface area contributed by atoms with Crippen molar-refractivity contribution in [1.29, 1.82) is 5.26 Å². The van der Waals surface area contributed by atoms with E-state index in [2.05, 4.69) is 11.2 Å². The van der Waals surface area contributed by atoms with Gasteiger partial charge in [-0.05, 0) is 38.5 Å². The number of hydrogen-bond acceptors (Lipinski definition) is 3. The van der Waals surface area contributed by atoms with Crippen molar-refractivity contribution in [3.8, 4) is 17.6 Å². The van der Waals surface area contributed by atoms with E-state index in [-0.39, 0.29) is 0 Å². The third-order valence-electron chi connectivity index (χ3n) is 2.91. The molecule has 0 aliphatic heterocycles. The van der Waals surface area contributed by atoms with E-state index in [1.54, 1.807) is 4.68 Å². The third-order valence-corrected chi connectivity index (χ3v) is 2.91. The van der Waals surface area contributed by atoms with Crippen LogP contribution < -0.4 is 4.74 Å². The maximum absolute atomic E-state index is 9.11. The van der Waals surface area contributed by atoms with Crippen LogP contribution in [0.2, 0.25) is 0 Å². The average Bonchev–Trinajstić information content (AvgIpc) is 2.58. The van der Waals surface area contributed by atoms with Gasteiger partial charge in [0.2, 0.25) is 0 Å². The zero-order chi connectivity index (χ0) is 13.3. The predicted octanol–water partition coefficient (Wildman–Crippen LogP) is 3.01. The van der Waals surface area contributed by atoms with Crippen LogP contribution in [0.25, 0.3) is 0 Å². The van der Waals surface area contributed by atoms with E-state index in [1.807, 2.05) is 46.0 Å². The number of hydrogen-bond donors (Lipinski definition) is 0. The zero-order valence-electron chi connectivity index (χ0n) is 11.0. The number of nitrogens with zero attached hydrogens (tertiary/aromatic N) is 3. The molecular formula is C14H15N3O. The number of ether oxygens (including phenoxy) is 1. The molecule has 0 unspecified atom stereocenters. The zero-order valence-corrected chi connectivity index (χ0v) is 11.0. The van der Waals surface area contributed by atoms with Gasteiger partial charge in [-0.2, -0.15) is 10.4 Å². The fraction of sp³-hybridized carbons (Fsp3) is 0.286. The Hall–Kier alpha value is -2.28. The summed E-state index contributed by atoms with van der Waals surface area (Å²) < 4.78 is 7.60. The lowest BCUT2D eigenvalue weighted by Gasteiger charge is -2.08. The van der Waals surface area contributed by atoms with E-state index >= 15 is 0 Å². The Morgan fingerprint density at radius 2 is 2.00 bits per heavy atom. The van der Waals surface area contributed by atoms with Gasteiger partial charge in [-0.3, -0.25) is 4.68 Å². The van der Waals surface area contributed by atoms with Gasteiger partial charge in [-0.15, -0.1) is 0 Å². The molecule has 0 aliphatic rings. The minimum atomic E-state index is 0.539. The van der Waals surface area contributed by atoms with Crippen LogP contribution in [0, 0.1) is 32.1 Å². The number of aryl methyl sites for hydroxylation is 3. The van der Waals surface area contributed by atoms with E-state index < -0.39 is 0 Å². The van der Waals surface area contributed by atoms with Crippen LogP contribution in [0.15, 0.2) is 18.2 Å². The normalized spacial score (nSPS) is 10.2. The van der Waals surface area contributed by atoms with Crippen molar-refractivity contribution < 1.29 is 4.74 Å². The van der Waals surface area contributed by atoms with Gasteiger partial charge < -0.3 is 4.74 Å². The summed E-state index contributed by atoms with van der Waals surface area (Å²) in [6, 6.07) is 7.71. The first-order valence-corrected chi connectivity index (χ1v) is 5.71. The Bertz CT molecular complexity index is 635. The number of benzene rings is 1. The SMILES string of the molecule is Cc1ccc(Oc2c(C)nn(C)c2C)c(C#N)c1. The topological polar surface area (TPSA) is 50.8 Å². The Morgan fingerprint density at radius 1 is 1.28 bits per heavy atom. The van der Waals surface area contributed by atoms with Crippen LogP contribution in [0.5, 0.6) is 11.5 Å². The molecule has 1 aromatic heterocycles. The van der Waals surface area contributed by atoms with Gasteiger partial charge in [0.05, 0.1) is 11.3 Å². The summed E-state index contributed by atoms with van der Waals surface area (Å²) in [5.74, 6) is 1.29. The van der Waals surface area contributed by atoms with Crippen LogP contribution in [-0.4, -0.2) is 9.78 Å². The Labute approximate surface area is 106 Å². The van der Waals surface area contributed by atoms with Crippen LogP contribution >= 0.6 is 0 Å². The molecule has 0 saturated heterocycles. The standard InChI is InChI=1S/C14H15N3O/c1-9-5-6-13(12(7-9)8-15)18-14-10(2)16-17(4)11(14)3/h5-7H,1-4H3. The summed E-state index contributed by atoms with van der Waals surface area (Å²) in [6.45, 7) is 5.78. The van der Waals surface area contributed by atoms with Gasteiger partial charge in [0.1, 0.15) is 17.5 Å². The van der Waals surface area contributed by atoms with Gasteiger partial charge in [-0.1, -0.05) is 6.07 Å². The van der Waals surface area contributed by atoms with Crippen molar-refractivity contribution in [2.24, 2.45) is 7.05 Å². The summed E-state index contributed by atoms with van der Waals surface area (Å²) in [4.78, 5) is 0. The molecular weight excluding hydrogens is 226 g/mol. The van der Waals surface area contributed by atoms with E-state index in [9.17, 15) is 0 Å². The molecule has 2 aromatic rings. The van der Waals surface area contributed by atoms with Gasteiger partial charge in [0.15, 0.2) is 5.75 Å². The van der Waals surface area contributed by atoms with Crippen LogP contribution in [0.3, 0.4) is 0 Å². The largest absolute Gasteiger partial charge is 0.452 e. The molecule has 92 valence electrons. The molecule has 0 amide bonds. The molecule has 0 atom stereocenters. The minimum absolute atomic E-state index is 0.539. The minimum Gasteiger partial charge on any atom is -0.452 e. The quantitative estimate of drug-likeness (QED) is 0.812. The van der Waals surface area contributed by atoms with E-state index in [1.165, 1.54) is 0 Å². The summed E-state index contributed by atoms with van der Waals surface area (Å²) in [5, 5.41) is 13.4. The number of aromatic nitrogens is 2. The van der Waals surface area contributed by atoms with E-state index in [0.717, 1.165) is 22.7 Å². The van der Waals surface area contributed by atoms with Gasteiger partial charge in [-0.25, -0.2) is 0 Å². The molecule has 2 rings (SSSR count). The second-order valence-corrected chi connectivity index (χ2v) is 4.34. The van der Waals surface area contributed by atoms with E-state index in [0.29, 0.717) is 11.3 Å². The maximum Gasteiger partial charge on any atom is 0.171 e. The van der Waals surface area contributed by atoms with Crippen molar-refractivity contribution >= 4 is 0 Å². The summed E-state index contributed by atoms with van der Waals surface area (Å²) in [7, 11) is 1.87. The third kappa shape index (κ3) is 2.07. The fourth-order valence-electron chi connectivity index (χ4n) is 1.83. The maximum atomic E-state index is 9.11. The fourth-order valence-corrected chi connectivity index (χ4v) is 1.83. The van der Waals surface area contributed by atoms with Crippen LogP contribution in [-0.2, 0) is 7.05 Å². The molecule has 0 N–H and O–H groups in total. The Morgan fingerprint density at radius 3 is 2.56 bits per heavy atom. The molecule has 1 aromatic carbocycles. The lowest BCUT2D eigenvalue weighted by Crippen LogP contribution is -1.94. The average molecular weight is 241 g/mol.